The molecule has 1 aromatic carbocycles. The van der Waals surface area contributed by atoms with E-state index in [2.05, 4.69) is 20.4 Å². The number of likely N-dealkylation sites (N-methyl/N-ethyl adjacent to an activating group) is 1. The summed E-state index contributed by atoms with van der Waals surface area (Å²) in [5, 5.41) is 18.4. The van der Waals surface area contributed by atoms with Crippen LogP contribution in [0.2, 0.25) is 0 Å². The van der Waals surface area contributed by atoms with Crippen molar-refractivity contribution >= 4 is 5.69 Å². The molecule has 1 aliphatic heterocycles. The molecule has 0 bridgehead atoms. The Balaban J connectivity index is 1.94. The number of aromatic nitrogens is 2. The fourth-order valence-corrected chi connectivity index (χ4v) is 2.63. The van der Waals surface area contributed by atoms with Crippen LogP contribution in [0, 0.1) is 17.0 Å². The molecule has 8 nitrogen and oxygen atoms in total. The van der Waals surface area contributed by atoms with Crippen LogP contribution in [0.3, 0.4) is 0 Å². The van der Waals surface area contributed by atoms with Crippen molar-refractivity contribution in [1.29, 1.82) is 0 Å². The highest BCUT2D eigenvalue weighted by molar-refractivity contribution is 5.64. The third-order valence-electron chi connectivity index (χ3n) is 3.98. The van der Waals surface area contributed by atoms with Crippen LogP contribution in [-0.4, -0.2) is 46.6 Å². The number of nitro benzene ring substituents is 1. The summed E-state index contributed by atoms with van der Waals surface area (Å²) in [6, 6.07) is 4.89. The second kappa shape index (κ2) is 5.82. The average Bonchev–Trinajstić information content (AvgIpc) is 2.97. The maximum Gasteiger partial charge on any atom is 0.273 e. The summed E-state index contributed by atoms with van der Waals surface area (Å²) < 4.78 is 5.33. The molecule has 1 fully saturated rings. The van der Waals surface area contributed by atoms with Crippen molar-refractivity contribution < 1.29 is 9.45 Å². The SMILES string of the molecule is Cc1c(-c2nc(C3CNCCN3C)no2)cccc1[N+](=O)[O-]. The third kappa shape index (κ3) is 2.58. The molecule has 8 heteroatoms. The molecule has 3 rings (SSSR count). The molecular weight excluding hydrogens is 286 g/mol. The molecular formula is C14H17N5O3. The molecule has 0 aliphatic carbocycles. The number of nitrogens with zero attached hydrogens (tertiary/aromatic N) is 4. The van der Waals surface area contributed by atoms with Crippen molar-refractivity contribution in [1.82, 2.24) is 20.4 Å². The van der Waals surface area contributed by atoms with Gasteiger partial charge in [0, 0.05) is 36.8 Å². The monoisotopic (exact) mass is 303 g/mol. The van der Waals surface area contributed by atoms with Crippen molar-refractivity contribution in [2.75, 3.05) is 26.7 Å². The van der Waals surface area contributed by atoms with E-state index in [-0.39, 0.29) is 11.7 Å². The largest absolute Gasteiger partial charge is 0.334 e. The molecule has 0 saturated carbocycles. The van der Waals surface area contributed by atoms with Crippen LogP contribution >= 0.6 is 0 Å². The lowest BCUT2D eigenvalue weighted by molar-refractivity contribution is -0.385. The van der Waals surface area contributed by atoms with Gasteiger partial charge in [0.15, 0.2) is 5.82 Å². The van der Waals surface area contributed by atoms with Gasteiger partial charge in [-0.25, -0.2) is 0 Å². The summed E-state index contributed by atoms with van der Waals surface area (Å²) in [7, 11) is 2.01. The number of hydrogen-bond donors (Lipinski definition) is 1. The predicted octanol–water partition coefficient (Wildman–Crippen LogP) is 1.53. The van der Waals surface area contributed by atoms with Gasteiger partial charge in [0.2, 0.25) is 0 Å². The zero-order valence-electron chi connectivity index (χ0n) is 12.4. The van der Waals surface area contributed by atoms with E-state index in [1.807, 2.05) is 7.05 Å². The smallest absolute Gasteiger partial charge is 0.273 e. The second-order valence-electron chi connectivity index (χ2n) is 5.37. The summed E-state index contributed by atoms with van der Waals surface area (Å²) in [4.78, 5) is 17.2. The number of piperazine rings is 1. The minimum atomic E-state index is -0.408. The molecule has 22 heavy (non-hydrogen) atoms. The fourth-order valence-electron chi connectivity index (χ4n) is 2.63. The molecule has 1 N–H and O–H groups in total. The van der Waals surface area contributed by atoms with Gasteiger partial charge in [-0.2, -0.15) is 4.98 Å². The van der Waals surface area contributed by atoms with Crippen LogP contribution in [0.4, 0.5) is 5.69 Å². The number of hydrogen-bond acceptors (Lipinski definition) is 7. The minimum Gasteiger partial charge on any atom is -0.334 e. The van der Waals surface area contributed by atoms with Crippen LogP contribution in [0.25, 0.3) is 11.5 Å². The van der Waals surface area contributed by atoms with Crippen molar-refractivity contribution in [2.24, 2.45) is 0 Å². The van der Waals surface area contributed by atoms with Crippen LogP contribution < -0.4 is 5.32 Å². The van der Waals surface area contributed by atoms with Gasteiger partial charge in [-0.05, 0) is 20.0 Å². The van der Waals surface area contributed by atoms with Gasteiger partial charge in [0.1, 0.15) is 0 Å². The maximum absolute atomic E-state index is 11.0. The number of nitrogens with one attached hydrogen (secondary N) is 1. The molecule has 0 spiro atoms. The first-order chi connectivity index (χ1) is 10.6. The molecule has 0 radical (unpaired) electrons. The summed E-state index contributed by atoms with van der Waals surface area (Å²) >= 11 is 0. The van der Waals surface area contributed by atoms with Crippen molar-refractivity contribution in [3.8, 4) is 11.5 Å². The Morgan fingerprint density at radius 3 is 3.05 bits per heavy atom. The normalized spacial score (nSPS) is 19.3. The highest BCUT2D eigenvalue weighted by atomic mass is 16.6. The van der Waals surface area contributed by atoms with Crippen LogP contribution in [-0.2, 0) is 0 Å². The molecule has 116 valence electrons. The molecule has 2 aromatic rings. The summed E-state index contributed by atoms with van der Waals surface area (Å²) in [6.45, 7) is 4.28. The van der Waals surface area contributed by atoms with Crippen molar-refractivity contribution in [2.45, 2.75) is 13.0 Å². The third-order valence-corrected chi connectivity index (χ3v) is 3.98. The van der Waals surface area contributed by atoms with E-state index in [0.29, 0.717) is 22.8 Å². The highest BCUT2D eigenvalue weighted by Crippen LogP contribution is 2.29. The van der Waals surface area contributed by atoms with Gasteiger partial charge < -0.3 is 9.84 Å². The predicted molar refractivity (Wildman–Crippen MR) is 79.4 cm³/mol. The van der Waals surface area contributed by atoms with Crippen molar-refractivity contribution in [3.05, 3.63) is 39.7 Å². The summed E-state index contributed by atoms with van der Waals surface area (Å²) in [5.41, 5.74) is 1.17. The van der Waals surface area contributed by atoms with E-state index < -0.39 is 4.92 Å². The Morgan fingerprint density at radius 2 is 2.32 bits per heavy atom. The van der Waals surface area contributed by atoms with Gasteiger partial charge in [-0.15, -0.1) is 0 Å². The minimum absolute atomic E-state index is 0.0465. The summed E-state index contributed by atoms with van der Waals surface area (Å²) in [5.74, 6) is 0.908. The second-order valence-corrected chi connectivity index (χ2v) is 5.37. The molecule has 1 unspecified atom stereocenters. The fraction of sp³-hybridized carbons (Fsp3) is 0.429. The van der Waals surface area contributed by atoms with Gasteiger partial charge in [0.05, 0.1) is 11.0 Å². The highest BCUT2D eigenvalue weighted by Gasteiger charge is 2.26. The number of nitro groups is 1. The van der Waals surface area contributed by atoms with E-state index >= 15 is 0 Å². The van der Waals surface area contributed by atoms with Gasteiger partial charge >= 0.3 is 0 Å². The Kier molecular flexibility index (Phi) is 3.86. The average molecular weight is 303 g/mol. The first-order valence-electron chi connectivity index (χ1n) is 7.07. The van der Waals surface area contributed by atoms with E-state index in [1.54, 1.807) is 19.1 Å². The number of benzene rings is 1. The Labute approximate surface area is 127 Å². The van der Waals surface area contributed by atoms with E-state index in [1.165, 1.54) is 6.07 Å². The lowest BCUT2D eigenvalue weighted by atomic mass is 10.1. The molecule has 1 aromatic heterocycles. The van der Waals surface area contributed by atoms with Crippen molar-refractivity contribution in [3.63, 3.8) is 0 Å². The Bertz CT molecular complexity index is 700. The van der Waals surface area contributed by atoms with E-state index in [0.717, 1.165) is 19.6 Å². The molecule has 1 aliphatic rings. The van der Waals surface area contributed by atoms with Crippen LogP contribution in [0.1, 0.15) is 17.4 Å². The Hall–Kier alpha value is -2.32. The zero-order chi connectivity index (χ0) is 15.7. The van der Waals surface area contributed by atoms with E-state index in [9.17, 15) is 10.1 Å². The molecule has 1 saturated heterocycles. The lowest BCUT2D eigenvalue weighted by Crippen LogP contribution is -2.44. The maximum atomic E-state index is 11.0. The van der Waals surface area contributed by atoms with Gasteiger partial charge in [0.25, 0.3) is 11.6 Å². The Morgan fingerprint density at radius 1 is 1.50 bits per heavy atom. The first-order valence-corrected chi connectivity index (χ1v) is 7.07. The lowest BCUT2D eigenvalue weighted by Gasteiger charge is -2.30. The molecule has 2 heterocycles. The number of rotatable bonds is 3. The molecule has 0 amide bonds. The van der Waals surface area contributed by atoms with Gasteiger partial charge in [-0.3, -0.25) is 15.0 Å². The van der Waals surface area contributed by atoms with E-state index in [4.69, 9.17) is 4.52 Å². The summed E-state index contributed by atoms with van der Waals surface area (Å²) in [6.07, 6.45) is 0. The quantitative estimate of drug-likeness (QED) is 0.678. The van der Waals surface area contributed by atoms with Gasteiger partial charge in [-0.1, -0.05) is 11.2 Å². The topological polar surface area (TPSA) is 97.3 Å². The van der Waals surface area contributed by atoms with Crippen LogP contribution in [0.15, 0.2) is 22.7 Å². The standard InChI is InChI=1S/C14H17N5O3/c1-9-10(4-3-5-11(9)19(20)21)14-16-13(17-22-14)12-8-15-6-7-18(12)2/h3-5,12,15H,6-8H2,1-2H3. The first kappa shape index (κ1) is 14.6. The molecule has 1 atom stereocenters. The van der Waals surface area contributed by atoms with Crippen LogP contribution in [0.5, 0.6) is 0 Å². The zero-order valence-corrected chi connectivity index (χ0v) is 12.4.